The maximum absolute atomic E-state index is 11.8. The minimum Gasteiger partial charge on any atom is -0.387 e. The van der Waals surface area contributed by atoms with Crippen LogP contribution in [0.1, 0.15) is 11.7 Å². The third kappa shape index (κ3) is 5.78. The van der Waals surface area contributed by atoms with Gasteiger partial charge in [-0.25, -0.2) is 0 Å². The molecule has 1 atom stereocenters. The molecule has 0 bridgehead atoms. The topological polar surface area (TPSA) is 78.4 Å². The fourth-order valence-electron chi connectivity index (χ4n) is 0.999. The molecule has 0 radical (unpaired) electrons. The lowest BCUT2D eigenvalue weighted by Gasteiger charge is -2.12. The Kier molecular flexibility index (Phi) is 5.10. The summed E-state index contributed by atoms with van der Waals surface area (Å²) in [6.45, 7) is -2.05. The number of thiophene rings is 1. The molecule has 1 aromatic rings. The Labute approximate surface area is 106 Å². The molecule has 0 saturated heterocycles. The SMILES string of the molecule is O=S(=O)(NCC(O)c1ccsc1)NCC(F)(F)F. The summed E-state index contributed by atoms with van der Waals surface area (Å²) in [5, 5.41) is 12.8. The summed E-state index contributed by atoms with van der Waals surface area (Å²) in [4.78, 5) is 0. The smallest absolute Gasteiger partial charge is 0.387 e. The van der Waals surface area contributed by atoms with E-state index in [1.807, 2.05) is 4.72 Å². The average molecular weight is 304 g/mol. The molecule has 0 amide bonds. The van der Waals surface area contributed by atoms with Crippen LogP contribution in [0.5, 0.6) is 0 Å². The van der Waals surface area contributed by atoms with Crippen LogP contribution in [0.2, 0.25) is 0 Å². The molecule has 104 valence electrons. The average Bonchev–Trinajstić information content (AvgIpc) is 2.76. The van der Waals surface area contributed by atoms with Crippen molar-refractivity contribution in [1.29, 1.82) is 0 Å². The predicted octanol–water partition coefficient (Wildman–Crippen LogP) is 0.768. The van der Waals surface area contributed by atoms with Crippen LogP contribution in [0.25, 0.3) is 0 Å². The van der Waals surface area contributed by atoms with E-state index >= 15 is 0 Å². The standard InChI is InChI=1S/C8H11F3N2O3S2/c9-8(10,11)5-13-18(15,16)12-3-7(14)6-1-2-17-4-6/h1-2,4,7,12-14H,3,5H2. The van der Waals surface area contributed by atoms with Gasteiger partial charge in [-0.05, 0) is 22.4 Å². The molecule has 18 heavy (non-hydrogen) atoms. The van der Waals surface area contributed by atoms with Crippen LogP contribution in [0, 0.1) is 0 Å². The van der Waals surface area contributed by atoms with E-state index in [-0.39, 0.29) is 0 Å². The predicted molar refractivity (Wildman–Crippen MR) is 60.3 cm³/mol. The summed E-state index contributed by atoms with van der Waals surface area (Å²) in [6, 6.07) is 1.59. The number of hydrogen-bond donors (Lipinski definition) is 3. The first kappa shape index (κ1) is 15.4. The molecule has 0 fully saturated rings. The van der Waals surface area contributed by atoms with Crippen LogP contribution < -0.4 is 9.44 Å². The zero-order valence-corrected chi connectivity index (χ0v) is 10.6. The van der Waals surface area contributed by atoms with Gasteiger partial charge in [0.2, 0.25) is 0 Å². The Bertz CT molecular complexity index is 458. The van der Waals surface area contributed by atoms with Crippen molar-refractivity contribution in [3.05, 3.63) is 22.4 Å². The van der Waals surface area contributed by atoms with Crippen molar-refractivity contribution in [2.75, 3.05) is 13.1 Å². The Morgan fingerprint density at radius 3 is 2.56 bits per heavy atom. The number of hydrogen-bond acceptors (Lipinski definition) is 4. The fraction of sp³-hybridized carbons (Fsp3) is 0.500. The third-order valence-electron chi connectivity index (χ3n) is 1.86. The van der Waals surface area contributed by atoms with Gasteiger partial charge in [-0.2, -0.15) is 42.4 Å². The normalized spacial score (nSPS) is 14.7. The molecule has 1 aromatic heterocycles. The van der Waals surface area contributed by atoms with Gasteiger partial charge in [0.1, 0.15) is 6.54 Å². The van der Waals surface area contributed by atoms with Crippen molar-refractivity contribution in [2.45, 2.75) is 12.3 Å². The van der Waals surface area contributed by atoms with Crippen molar-refractivity contribution in [3.63, 3.8) is 0 Å². The summed E-state index contributed by atoms with van der Waals surface area (Å²) in [5.41, 5.74) is 0.499. The number of halogens is 3. The van der Waals surface area contributed by atoms with E-state index in [0.717, 1.165) is 0 Å². The van der Waals surface area contributed by atoms with Crippen molar-refractivity contribution >= 4 is 21.5 Å². The Morgan fingerprint density at radius 2 is 2.06 bits per heavy atom. The highest BCUT2D eigenvalue weighted by Gasteiger charge is 2.29. The molecule has 0 aliphatic carbocycles. The van der Waals surface area contributed by atoms with E-state index in [1.54, 1.807) is 16.8 Å². The van der Waals surface area contributed by atoms with Crippen molar-refractivity contribution in [3.8, 4) is 0 Å². The number of alkyl halides is 3. The molecule has 1 unspecified atom stereocenters. The Balaban J connectivity index is 2.42. The van der Waals surface area contributed by atoms with Crippen LogP contribution >= 0.6 is 11.3 Å². The molecule has 0 aliphatic heterocycles. The van der Waals surface area contributed by atoms with E-state index in [4.69, 9.17) is 0 Å². The molecule has 5 nitrogen and oxygen atoms in total. The van der Waals surface area contributed by atoms with Gasteiger partial charge in [-0.15, -0.1) is 0 Å². The van der Waals surface area contributed by atoms with Gasteiger partial charge in [0.05, 0.1) is 6.10 Å². The maximum Gasteiger partial charge on any atom is 0.402 e. The first-order valence-corrected chi connectivity index (χ1v) is 7.13. The van der Waals surface area contributed by atoms with Crippen molar-refractivity contribution in [2.24, 2.45) is 0 Å². The monoisotopic (exact) mass is 304 g/mol. The van der Waals surface area contributed by atoms with Crippen LogP contribution in [-0.4, -0.2) is 32.8 Å². The lowest BCUT2D eigenvalue weighted by Crippen LogP contribution is -2.42. The lowest BCUT2D eigenvalue weighted by atomic mass is 10.2. The van der Waals surface area contributed by atoms with Gasteiger partial charge < -0.3 is 5.11 Å². The first-order chi connectivity index (χ1) is 8.20. The summed E-state index contributed by atoms with van der Waals surface area (Å²) in [7, 11) is -4.28. The van der Waals surface area contributed by atoms with E-state index < -0.39 is 35.6 Å². The van der Waals surface area contributed by atoms with Gasteiger partial charge >= 0.3 is 6.18 Å². The molecule has 0 spiro atoms. The zero-order valence-electron chi connectivity index (χ0n) is 8.94. The van der Waals surface area contributed by atoms with Crippen molar-refractivity contribution < 1.29 is 26.7 Å². The highest BCUT2D eigenvalue weighted by molar-refractivity contribution is 7.87. The summed E-state index contributed by atoms with van der Waals surface area (Å²) >= 11 is 1.31. The van der Waals surface area contributed by atoms with Crippen LogP contribution in [0.4, 0.5) is 13.2 Å². The minimum absolute atomic E-state index is 0.399. The molecule has 0 aliphatic rings. The second kappa shape index (κ2) is 5.97. The van der Waals surface area contributed by atoms with E-state index in [2.05, 4.69) is 0 Å². The van der Waals surface area contributed by atoms with E-state index in [0.29, 0.717) is 5.56 Å². The summed E-state index contributed by atoms with van der Waals surface area (Å²) < 4.78 is 60.8. The highest BCUT2D eigenvalue weighted by Crippen LogP contribution is 2.15. The number of rotatable bonds is 6. The molecular formula is C8H11F3N2O3S2. The molecular weight excluding hydrogens is 293 g/mol. The zero-order chi connectivity index (χ0) is 13.8. The number of aliphatic hydroxyl groups is 1. The molecule has 0 saturated carbocycles. The summed E-state index contributed by atoms with van der Waals surface area (Å²) in [6.07, 6.45) is -5.72. The van der Waals surface area contributed by atoms with Gasteiger partial charge in [0.15, 0.2) is 0 Å². The van der Waals surface area contributed by atoms with Crippen LogP contribution in [0.15, 0.2) is 16.8 Å². The number of aliphatic hydroxyl groups excluding tert-OH is 1. The molecule has 10 heteroatoms. The van der Waals surface area contributed by atoms with Crippen LogP contribution in [0.3, 0.4) is 0 Å². The van der Waals surface area contributed by atoms with Crippen molar-refractivity contribution in [1.82, 2.24) is 9.44 Å². The number of nitrogens with one attached hydrogen (secondary N) is 2. The molecule has 1 heterocycles. The van der Waals surface area contributed by atoms with Gasteiger partial charge in [-0.3, -0.25) is 0 Å². The first-order valence-electron chi connectivity index (χ1n) is 4.71. The molecule has 3 N–H and O–H groups in total. The van der Waals surface area contributed by atoms with Gasteiger partial charge in [0, 0.05) is 6.54 Å². The fourth-order valence-corrected chi connectivity index (χ4v) is 2.54. The lowest BCUT2D eigenvalue weighted by molar-refractivity contribution is -0.121. The Hall–Kier alpha value is -0.680. The third-order valence-corrected chi connectivity index (χ3v) is 3.63. The second-order valence-electron chi connectivity index (χ2n) is 3.36. The largest absolute Gasteiger partial charge is 0.402 e. The Morgan fingerprint density at radius 1 is 1.39 bits per heavy atom. The maximum atomic E-state index is 11.8. The quantitative estimate of drug-likeness (QED) is 0.726. The minimum atomic E-state index is -4.62. The van der Waals surface area contributed by atoms with Crippen LogP contribution in [-0.2, 0) is 10.2 Å². The van der Waals surface area contributed by atoms with Gasteiger partial charge in [0.25, 0.3) is 10.2 Å². The second-order valence-corrected chi connectivity index (χ2v) is 5.72. The van der Waals surface area contributed by atoms with E-state index in [1.165, 1.54) is 16.1 Å². The summed E-state index contributed by atoms with van der Waals surface area (Å²) in [5.74, 6) is 0. The van der Waals surface area contributed by atoms with Gasteiger partial charge in [-0.1, -0.05) is 0 Å². The highest BCUT2D eigenvalue weighted by atomic mass is 32.2. The molecule has 0 aromatic carbocycles. The molecule has 1 rings (SSSR count). The van der Waals surface area contributed by atoms with E-state index in [9.17, 15) is 26.7 Å².